The molecule has 192 valence electrons. The molecular formula is C29H33N5O3. The van der Waals surface area contributed by atoms with Crippen molar-refractivity contribution < 1.29 is 14.3 Å². The van der Waals surface area contributed by atoms with Crippen LogP contribution in [-0.4, -0.2) is 59.8 Å². The molecular weight excluding hydrogens is 466 g/mol. The van der Waals surface area contributed by atoms with Crippen LogP contribution in [0.3, 0.4) is 0 Å². The largest absolute Gasteiger partial charge is 0.379 e. The first kappa shape index (κ1) is 24.9. The van der Waals surface area contributed by atoms with Gasteiger partial charge in [0.25, 0.3) is 0 Å². The van der Waals surface area contributed by atoms with Gasteiger partial charge in [-0.2, -0.15) is 5.10 Å². The number of nitrogens with one attached hydrogen (secondary N) is 3. The average molecular weight is 500 g/mol. The standard InChI is InChI=1S/C29H33N5O3/c1-20(29(36)31-27-19-26(32-33-27)21-10-11-21)22-5-2-6-23(17-22)24-7-3-8-25(18-24)30-28(35)9-4-12-34-13-15-37-16-14-34/h2-9,17-21H,10-16H2,1H3,(H,30,35)(H2,31,32,33,36)/b9-4+. The number of ether oxygens (including phenoxy) is 1. The van der Waals surface area contributed by atoms with Crippen LogP contribution in [-0.2, 0) is 14.3 Å². The normalized spacial score (nSPS) is 17.0. The van der Waals surface area contributed by atoms with Crippen LogP contribution in [0.2, 0.25) is 0 Å². The van der Waals surface area contributed by atoms with Crippen LogP contribution in [0.4, 0.5) is 11.5 Å². The first-order chi connectivity index (χ1) is 18.0. The summed E-state index contributed by atoms with van der Waals surface area (Å²) >= 11 is 0. The summed E-state index contributed by atoms with van der Waals surface area (Å²) in [5.74, 6) is 0.514. The number of carbonyl (C=O) groups excluding carboxylic acids is 2. The summed E-state index contributed by atoms with van der Waals surface area (Å²) in [7, 11) is 0. The van der Waals surface area contributed by atoms with Crippen molar-refractivity contribution in [3.05, 3.63) is 78.0 Å². The lowest BCUT2D eigenvalue weighted by atomic mass is 9.95. The number of aromatic nitrogens is 2. The van der Waals surface area contributed by atoms with Crippen LogP contribution < -0.4 is 10.6 Å². The smallest absolute Gasteiger partial charge is 0.248 e. The molecule has 1 aliphatic heterocycles. The predicted octanol–water partition coefficient (Wildman–Crippen LogP) is 4.52. The van der Waals surface area contributed by atoms with Crippen LogP contribution in [0.5, 0.6) is 0 Å². The van der Waals surface area contributed by atoms with Crippen molar-refractivity contribution in [3.63, 3.8) is 0 Å². The fraction of sp³-hybridized carbons (Fsp3) is 0.345. The fourth-order valence-electron chi connectivity index (χ4n) is 4.43. The molecule has 1 atom stereocenters. The van der Waals surface area contributed by atoms with Crippen molar-refractivity contribution in [2.24, 2.45) is 0 Å². The molecule has 1 aromatic heterocycles. The zero-order valence-corrected chi connectivity index (χ0v) is 21.1. The fourth-order valence-corrected chi connectivity index (χ4v) is 4.43. The molecule has 2 amide bonds. The van der Waals surface area contributed by atoms with Gasteiger partial charge in [-0.15, -0.1) is 0 Å². The maximum atomic E-state index is 12.9. The number of hydrogen-bond donors (Lipinski definition) is 3. The monoisotopic (exact) mass is 499 g/mol. The number of carbonyl (C=O) groups is 2. The number of benzene rings is 2. The molecule has 1 unspecified atom stereocenters. The number of aromatic amines is 1. The molecule has 1 saturated heterocycles. The van der Waals surface area contributed by atoms with Crippen LogP contribution >= 0.6 is 0 Å². The lowest BCUT2D eigenvalue weighted by Crippen LogP contribution is -2.36. The van der Waals surface area contributed by atoms with Crippen molar-refractivity contribution in [2.45, 2.75) is 31.6 Å². The van der Waals surface area contributed by atoms with E-state index in [2.05, 4.69) is 25.7 Å². The Morgan fingerprint density at radius 1 is 1.08 bits per heavy atom. The highest BCUT2D eigenvalue weighted by Crippen LogP contribution is 2.39. The first-order valence-electron chi connectivity index (χ1n) is 12.9. The highest BCUT2D eigenvalue weighted by atomic mass is 16.5. The molecule has 8 heteroatoms. The van der Waals surface area contributed by atoms with Gasteiger partial charge >= 0.3 is 0 Å². The summed E-state index contributed by atoms with van der Waals surface area (Å²) in [5, 5.41) is 13.1. The molecule has 3 aromatic rings. The minimum absolute atomic E-state index is 0.101. The van der Waals surface area contributed by atoms with Gasteiger partial charge in [0.15, 0.2) is 5.82 Å². The molecule has 2 aliphatic rings. The van der Waals surface area contributed by atoms with Crippen molar-refractivity contribution in [1.82, 2.24) is 15.1 Å². The van der Waals surface area contributed by atoms with E-state index in [4.69, 9.17) is 4.74 Å². The highest BCUT2D eigenvalue weighted by molar-refractivity contribution is 5.99. The van der Waals surface area contributed by atoms with E-state index in [1.807, 2.05) is 67.6 Å². The summed E-state index contributed by atoms with van der Waals surface area (Å²) < 4.78 is 5.35. The van der Waals surface area contributed by atoms with Gasteiger partial charge in [-0.25, -0.2) is 0 Å². The molecule has 2 heterocycles. The maximum Gasteiger partial charge on any atom is 0.248 e. The Balaban J connectivity index is 1.20. The number of amides is 2. The van der Waals surface area contributed by atoms with Crippen molar-refractivity contribution in [2.75, 3.05) is 43.5 Å². The topological polar surface area (TPSA) is 99.3 Å². The zero-order chi connectivity index (χ0) is 25.6. The van der Waals surface area contributed by atoms with Gasteiger partial charge in [-0.05, 0) is 48.6 Å². The van der Waals surface area contributed by atoms with Gasteiger partial charge in [0, 0.05) is 49.1 Å². The van der Waals surface area contributed by atoms with E-state index in [1.54, 1.807) is 6.08 Å². The van der Waals surface area contributed by atoms with Crippen molar-refractivity contribution in [1.29, 1.82) is 0 Å². The van der Waals surface area contributed by atoms with Crippen molar-refractivity contribution in [3.8, 4) is 11.1 Å². The van der Waals surface area contributed by atoms with E-state index in [0.717, 1.165) is 60.9 Å². The summed E-state index contributed by atoms with van der Waals surface area (Å²) in [6.07, 6.45) is 5.82. The third-order valence-corrected chi connectivity index (χ3v) is 6.85. The van der Waals surface area contributed by atoms with Crippen LogP contribution in [0.1, 0.15) is 42.9 Å². The second kappa shape index (κ2) is 11.5. The number of anilines is 2. The van der Waals surface area contributed by atoms with E-state index in [0.29, 0.717) is 11.7 Å². The summed E-state index contributed by atoms with van der Waals surface area (Å²) in [4.78, 5) is 27.6. The number of morpholine rings is 1. The Bertz CT molecular complexity index is 1270. The number of hydrogen-bond acceptors (Lipinski definition) is 5. The van der Waals surface area contributed by atoms with E-state index in [1.165, 1.54) is 12.8 Å². The van der Waals surface area contributed by atoms with Gasteiger partial charge in [-0.3, -0.25) is 19.6 Å². The Hall–Kier alpha value is -3.75. The Morgan fingerprint density at radius 2 is 1.84 bits per heavy atom. The zero-order valence-electron chi connectivity index (χ0n) is 21.1. The Labute approximate surface area is 217 Å². The molecule has 0 spiro atoms. The van der Waals surface area contributed by atoms with Gasteiger partial charge in [0.05, 0.1) is 19.1 Å². The summed E-state index contributed by atoms with van der Waals surface area (Å²) in [5.41, 5.74) is 4.66. The van der Waals surface area contributed by atoms with Gasteiger partial charge in [0.1, 0.15) is 0 Å². The average Bonchev–Trinajstić information content (AvgIpc) is 3.67. The van der Waals surface area contributed by atoms with Crippen LogP contribution in [0.25, 0.3) is 11.1 Å². The van der Waals surface area contributed by atoms with E-state index >= 15 is 0 Å². The minimum Gasteiger partial charge on any atom is -0.379 e. The minimum atomic E-state index is -0.347. The molecule has 5 rings (SSSR count). The van der Waals surface area contributed by atoms with E-state index < -0.39 is 0 Å². The number of rotatable bonds is 9. The SMILES string of the molecule is CC(C(=O)Nc1cc(C2CC2)[nH]n1)c1cccc(-c2cccc(NC(=O)/C=C/CN3CCOCC3)c2)c1. The molecule has 2 fully saturated rings. The highest BCUT2D eigenvalue weighted by Gasteiger charge is 2.26. The Morgan fingerprint density at radius 3 is 2.62 bits per heavy atom. The van der Waals surface area contributed by atoms with Gasteiger partial charge in [0.2, 0.25) is 11.8 Å². The van der Waals surface area contributed by atoms with Gasteiger partial charge < -0.3 is 15.4 Å². The Kier molecular flexibility index (Phi) is 7.77. The van der Waals surface area contributed by atoms with E-state index in [9.17, 15) is 9.59 Å². The molecule has 3 N–H and O–H groups in total. The van der Waals surface area contributed by atoms with Gasteiger partial charge in [-0.1, -0.05) is 42.5 Å². The molecule has 8 nitrogen and oxygen atoms in total. The lowest BCUT2D eigenvalue weighted by Gasteiger charge is -2.25. The molecule has 1 aliphatic carbocycles. The van der Waals surface area contributed by atoms with Crippen LogP contribution in [0.15, 0.2) is 66.7 Å². The third kappa shape index (κ3) is 6.72. The second-order valence-corrected chi connectivity index (χ2v) is 9.70. The van der Waals surface area contributed by atoms with Crippen molar-refractivity contribution >= 4 is 23.3 Å². The summed E-state index contributed by atoms with van der Waals surface area (Å²) in [6.45, 7) is 5.88. The molecule has 37 heavy (non-hydrogen) atoms. The third-order valence-electron chi connectivity index (χ3n) is 6.85. The first-order valence-corrected chi connectivity index (χ1v) is 12.9. The molecule has 0 radical (unpaired) electrons. The lowest BCUT2D eigenvalue weighted by molar-refractivity contribution is -0.117. The predicted molar refractivity (Wildman–Crippen MR) is 145 cm³/mol. The second-order valence-electron chi connectivity index (χ2n) is 9.70. The number of nitrogens with zero attached hydrogens (tertiary/aromatic N) is 2. The number of H-pyrrole nitrogens is 1. The maximum absolute atomic E-state index is 12.9. The summed E-state index contributed by atoms with van der Waals surface area (Å²) in [6, 6.07) is 17.6. The van der Waals surface area contributed by atoms with Crippen LogP contribution in [0, 0.1) is 0 Å². The molecule has 2 aromatic carbocycles. The molecule has 1 saturated carbocycles. The molecule has 0 bridgehead atoms. The quantitative estimate of drug-likeness (QED) is 0.376. The van der Waals surface area contributed by atoms with E-state index in [-0.39, 0.29) is 17.7 Å².